The molecule has 148 valence electrons. The molecule has 0 heterocycles. The van der Waals surface area contributed by atoms with Gasteiger partial charge in [-0.05, 0) is 35.9 Å². The average molecular weight is 408 g/mol. The molecule has 0 aliphatic rings. The van der Waals surface area contributed by atoms with Crippen LogP contribution in [0.4, 0.5) is 0 Å². The first-order chi connectivity index (χ1) is 13.1. The van der Waals surface area contributed by atoms with E-state index in [2.05, 4.69) is 0 Å². The number of rotatable bonds is 8. The molecule has 2 rings (SSSR count). The van der Waals surface area contributed by atoms with Gasteiger partial charge in [0.1, 0.15) is 0 Å². The first kappa shape index (κ1) is 21.0. The molecule has 1 amide bonds. The van der Waals surface area contributed by atoms with E-state index in [0.717, 1.165) is 6.07 Å². The predicted molar refractivity (Wildman–Crippen MR) is 94.3 cm³/mol. The molecule has 0 aliphatic carbocycles. The second kappa shape index (κ2) is 8.61. The Bertz CT molecular complexity index is 1020. The van der Waals surface area contributed by atoms with Crippen LogP contribution in [-0.2, 0) is 21.4 Å². The van der Waals surface area contributed by atoms with Crippen LogP contribution in [0.15, 0.2) is 53.4 Å². The summed E-state index contributed by atoms with van der Waals surface area (Å²) in [5.74, 6) is -3.56. The van der Waals surface area contributed by atoms with Crippen LogP contribution in [0.3, 0.4) is 0 Å². The largest absolute Gasteiger partial charge is 0.478 e. The molecular formula is C17H16N2O8S. The lowest BCUT2D eigenvalue weighted by Gasteiger charge is -2.21. The van der Waals surface area contributed by atoms with Crippen LogP contribution >= 0.6 is 0 Å². The highest BCUT2D eigenvalue weighted by atomic mass is 32.2. The Balaban J connectivity index is 2.46. The van der Waals surface area contributed by atoms with Crippen molar-refractivity contribution in [3.05, 3.63) is 65.2 Å². The number of sulfonamides is 1. The minimum atomic E-state index is -4.34. The minimum Gasteiger partial charge on any atom is -0.478 e. The second-order valence-corrected chi connectivity index (χ2v) is 7.58. The Labute approximate surface area is 159 Å². The van der Waals surface area contributed by atoms with Crippen molar-refractivity contribution in [2.45, 2.75) is 11.4 Å². The number of carbonyl (C=O) groups excluding carboxylic acids is 1. The maximum atomic E-state index is 12.9. The Kier molecular flexibility index (Phi) is 6.46. The Morgan fingerprint density at radius 1 is 0.929 bits per heavy atom. The molecule has 0 unspecified atom stereocenters. The molecule has 0 radical (unpaired) electrons. The monoisotopic (exact) mass is 408 g/mol. The number of carboxylic acid groups (broad SMARTS) is 2. The number of aromatic carboxylic acids is 2. The van der Waals surface area contributed by atoms with Gasteiger partial charge in [0.2, 0.25) is 10.0 Å². The molecule has 0 bridgehead atoms. The van der Waals surface area contributed by atoms with Gasteiger partial charge in [-0.25, -0.2) is 23.5 Å². The van der Waals surface area contributed by atoms with E-state index >= 15 is 0 Å². The van der Waals surface area contributed by atoms with Crippen LogP contribution in [0.25, 0.3) is 0 Å². The lowest BCUT2D eigenvalue weighted by atomic mass is 10.1. The number of hydrogen-bond acceptors (Lipinski definition) is 6. The van der Waals surface area contributed by atoms with Crippen molar-refractivity contribution in [3.63, 3.8) is 0 Å². The van der Waals surface area contributed by atoms with E-state index in [1.165, 1.54) is 47.9 Å². The molecule has 0 atom stereocenters. The van der Waals surface area contributed by atoms with Gasteiger partial charge in [0.25, 0.3) is 5.91 Å². The molecule has 0 fully saturated rings. The molecule has 0 aromatic heterocycles. The summed E-state index contributed by atoms with van der Waals surface area (Å²) in [6, 6.07) is 10.0. The number of nitrogens with zero attached hydrogens (tertiary/aromatic N) is 1. The Morgan fingerprint density at radius 3 is 2.07 bits per heavy atom. The molecular weight excluding hydrogens is 392 g/mol. The highest BCUT2D eigenvalue weighted by Gasteiger charge is 2.27. The summed E-state index contributed by atoms with van der Waals surface area (Å²) in [5.41, 5.74) is 1.27. The van der Waals surface area contributed by atoms with Crippen LogP contribution in [0, 0.1) is 0 Å². The van der Waals surface area contributed by atoms with Gasteiger partial charge in [-0.1, -0.05) is 18.2 Å². The van der Waals surface area contributed by atoms with Crippen LogP contribution in [0.5, 0.6) is 0 Å². The zero-order valence-corrected chi connectivity index (χ0v) is 15.1. The highest BCUT2D eigenvalue weighted by molar-refractivity contribution is 7.89. The van der Waals surface area contributed by atoms with Crippen molar-refractivity contribution < 1.29 is 38.2 Å². The van der Waals surface area contributed by atoms with Gasteiger partial charge in [-0.3, -0.25) is 10.0 Å². The van der Waals surface area contributed by atoms with Crippen LogP contribution in [0.1, 0.15) is 26.3 Å². The van der Waals surface area contributed by atoms with Gasteiger partial charge in [0.15, 0.2) is 0 Å². The fraction of sp³-hybridized carbons (Fsp3) is 0.118. The maximum Gasteiger partial charge on any atom is 0.335 e. The quantitative estimate of drug-likeness (QED) is 0.368. The van der Waals surface area contributed by atoms with Gasteiger partial charge < -0.3 is 10.2 Å². The summed E-state index contributed by atoms with van der Waals surface area (Å²) in [5, 5.41) is 26.9. The van der Waals surface area contributed by atoms with Crippen LogP contribution < -0.4 is 5.48 Å². The van der Waals surface area contributed by atoms with Gasteiger partial charge in [-0.15, -0.1) is 0 Å². The van der Waals surface area contributed by atoms with Gasteiger partial charge in [0, 0.05) is 6.54 Å². The van der Waals surface area contributed by atoms with Gasteiger partial charge >= 0.3 is 11.9 Å². The SMILES string of the molecule is O=C(CN(Cc1cccc(C(=O)O)c1)S(=O)(=O)c1cccc(C(=O)O)c1)NO. The Morgan fingerprint density at radius 2 is 1.50 bits per heavy atom. The molecule has 0 saturated carbocycles. The maximum absolute atomic E-state index is 12.9. The van der Waals surface area contributed by atoms with Gasteiger partial charge in [-0.2, -0.15) is 4.31 Å². The number of amides is 1. The minimum absolute atomic E-state index is 0.0747. The molecule has 28 heavy (non-hydrogen) atoms. The fourth-order valence-electron chi connectivity index (χ4n) is 2.37. The number of carbonyl (C=O) groups is 3. The number of nitrogens with one attached hydrogen (secondary N) is 1. The first-order valence-electron chi connectivity index (χ1n) is 7.74. The predicted octanol–water partition coefficient (Wildman–Crippen LogP) is 0.779. The molecule has 0 saturated heterocycles. The molecule has 4 N–H and O–H groups in total. The van der Waals surface area contributed by atoms with Crippen molar-refractivity contribution in [3.8, 4) is 0 Å². The molecule has 0 aliphatic heterocycles. The summed E-state index contributed by atoms with van der Waals surface area (Å²) in [7, 11) is -4.34. The van der Waals surface area contributed by atoms with E-state index in [1.54, 1.807) is 0 Å². The van der Waals surface area contributed by atoms with Crippen molar-refractivity contribution in [1.82, 2.24) is 9.79 Å². The smallest absolute Gasteiger partial charge is 0.335 e. The van der Waals surface area contributed by atoms with E-state index in [1.807, 2.05) is 0 Å². The normalized spacial score (nSPS) is 11.2. The Hall–Kier alpha value is -3.28. The third-order valence-corrected chi connectivity index (χ3v) is 5.48. The number of hydroxylamine groups is 1. The van der Waals surface area contributed by atoms with Crippen molar-refractivity contribution >= 4 is 27.9 Å². The summed E-state index contributed by atoms with van der Waals surface area (Å²) in [6.07, 6.45) is 0. The third-order valence-electron chi connectivity index (χ3n) is 3.70. The zero-order valence-electron chi connectivity index (χ0n) is 14.3. The molecule has 11 heteroatoms. The molecule has 2 aromatic rings. The van der Waals surface area contributed by atoms with Gasteiger partial charge in [0.05, 0.1) is 22.6 Å². The fourth-order valence-corrected chi connectivity index (χ4v) is 3.80. The van der Waals surface area contributed by atoms with Crippen LogP contribution in [0.2, 0.25) is 0 Å². The molecule has 0 spiro atoms. The lowest BCUT2D eigenvalue weighted by Crippen LogP contribution is -2.39. The van der Waals surface area contributed by atoms with E-state index in [0.29, 0.717) is 4.31 Å². The lowest BCUT2D eigenvalue weighted by molar-refractivity contribution is -0.129. The molecule has 10 nitrogen and oxygen atoms in total. The summed E-state index contributed by atoms with van der Waals surface area (Å²) >= 11 is 0. The van der Waals surface area contributed by atoms with Crippen molar-refractivity contribution in [2.75, 3.05) is 6.54 Å². The highest BCUT2D eigenvalue weighted by Crippen LogP contribution is 2.20. The average Bonchev–Trinajstić information content (AvgIpc) is 2.67. The van der Waals surface area contributed by atoms with E-state index < -0.39 is 34.4 Å². The number of carboxylic acids is 2. The van der Waals surface area contributed by atoms with Crippen molar-refractivity contribution in [1.29, 1.82) is 0 Å². The zero-order chi connectivity index (χ0) is 20.9. The molecule has 2 aromatic carbocycles. The number of benzene rings is 2. The standard InChI is InChI=1S/C17H16N2O8S/c20-15(18-25)10-19(9-11-3-1-4-12(7-11)16(21)22)28(26,27)14-6-2-5-13(8-14)17(23)24/h1-8,25H,9-10H2,(H,18,20)(H,21,22)(H,23,24). The summed E-state index contributed by atoms with van der Waals surface area (Å²) < 4.78 is 26.6. The first-order valence-corrected chi connectivity index (χ1v) is 9.18. The van der Waals surface area contributed by atoms with Crippen molar-refractivity contribution in [2.24, 2.45) is 0 Å². The summed E-state index contributed by atoms with van der Waals surface area (Å²) in [6.45, 7) is -1.15. The van der Waals surface area contributed by atoms with E-state index in [-0.39, 0.29) is 28.1 Å². The third kappa shape index (κ3) is 4.91. The van der Waals surface area contributed by atoms with E-state index in [4.69, 9.17) is 15.4 Å². The topological polar surface area (TPSA) is 161 Å². The second-order valence-electron chi connectivity index (χ2n) is 5.65. The van der Waals surface area contributed by atoms with E-state index in [9.17, 15) is 22.8 Å². The number of hydrogen-bond donors (Lipinski definition) is 4. The summed E-state index contributed by atoms with van der Waals surface area (Å²) in [4.78, 5) is 33.4. The van der Waals surface area contributed by atoms with Crippen LogP contribution in [-0.4, -0.2) is 52.5 Å².